The smallest absolute Gasteiger partial charge is 0.298 e. The molecule has 1 aromatic heterocycles. The summed E-state index contributed by atoms with van der Waals surface area (Å²) in [7, 11) is 0. The fraction of sp³-hybridized carbons (Fsp3) is 0.0769. The van der Waals surface area contributed by atoms with E-state index in [9.17, 15) is 18.0 Å². The lowest BCUT2D eigenvalue weighted by atomic mass is 10.1. The third-order valence-corrected chi connectivity index (χ3v) is 3.26. The van der Waals surface area contributed by atoms with Crippen LogP contribution in [0.5, 0.6) is 0 Å². The topological polar surface area (TPSA) is 30.0 Å². The van der Waals surface area contributed by atoms with Gasteiger partial charge in [0, 0.05) is 16.7 Å². The van der Waals surface area contributed by atoms with Crippen LogP contribution >= 0.6 is 11.8 Å². The maximum absolute atomic E-state index is 12.8. The lowest BCUT2D eigenvalue weighted by molar-refractivity contribution is -0.138. The summed E-state index contributed by atoms with van der Waals surface area (Å²) in [6, 6.07) is 8.77. The van der Waals surface area contributed by atoms with Crippen molar-refractivity contribution in [2.75, 3.05) is 0 Å². The Morgan fingerprint density at radius 3 is 2.53 bits per heavy atom. The van der Waals surface area contributed by atoms with Crippen LogP contribution in [0, 0.1) is 0 Å². The van der Waals surface area contributed by atoms with E-state index >= 15 is 0 Å². The zero-order chi connectivity index (χ0) is 13.9. The third-order valence-electron chi connectivity index (χ3n) is 2.32. The highest BCUT2D eigenvalue weighted by atomic mass is 32.2. The summed E-state index contributed by atoms with van der Waals surface area (Å²) in [6.45, 7) is 0. The lowest BCUT2D eigenvalue weighted by Gasteiger charge is -2.10. The molecule has 0 saturated heterocycles. The SMILES string of the molecule is O=Cc1ccc(Sc2ccccn2)cc1C(F)(F)F. The second-order valence-corrected chi connectivity index (χ2v) is 4.73. The van der Waals surface area contributed by atoms with Crippen LogP contribution in [0.2, 0.25) is 0 Å². The van der Waals surface area contributed by atoms with Gasteiger partial charge in [-0.1, -0.05) is 17.8 Å². The van der Waals surface area contributed by atoms with Crippen molar-refractivity contribution in [3.05, 3.63) is 53.7 Å². The normalized spacial score (nSPS) is 11.3. The highest BCUT2D eigenvalue weighted by molar-refractivity contribution is 7.99. The number of rotatable bonds is 3. The van der Waals surface area contributed by atoms with Gasteiger partial charge in [-0.25, -0.2) is 4.98 Å². The number of nitrogens with zero attached hydrogens (tertiary/aromatic N) is 1. The molecular weight excluding hydrogens is 275 g/mol. The molecule has 0 aliphatic heterocycles. The van der Waals surface area contributed by atoms with E-state index < -0.39 is 11.7 Å². The number of aromatic nitrogens is 1. The first-order chi connectivity index (χ1) is 9.00. The molecule has 0 bridgehead atoms. The number of carbonyl (C=O) groups excluding carboxylic acids is 1. The van der Waals surface area contributed by atoms with Gasteiger partial charge in [0.2, 0.25) is 0 Å². The Balaban J connectivity index is 2.36. The van der Waals surface area contributed by atoms with Gasteiger partial charge < -0.3 is 0 Å². The Kier molecular flexibility index (Phi) is 3.90. The number of benzene rings is 1. The predicted molar refractivity (Wildman–Crippen MR) is 65.2 cm³/mol. The van der Waals surface area contributed by atoms with Gasteiger partial charge in [-0.2, -0.15) is 13.2 Å². The number of pyridine rings is 1. The maximum Gasteiger partial charge on any atom is 0.417 e. The molecule has 0 saturated carbocycles. The molecule has 1 aromatic carbocycles. The number of aldehydes is 1. The molecule has 6 heteroatoms. The van der Waals surface area contributed by atoms with Crippen molar-refractivity contribution in [3.63, 3.8) is 0 Å². The summed E-state index contributed by atoms with van der Waals surface area (Å²) < 4.78 is 38.3. The summed E-state index contributed by atoms with van der Waals surface area (Å²) in [6.07, 6.45) is -2.78. The molecule has 2 nitrogen and oxygen atoms in total. The predicted octanol–water partition coefficient (Wildman–Crippen LogP) is 4.06. The molecule has 0 aliphatic carbocycles. The summed E-state index contributed by atoms with van der Waals surface area (Å²) >= 11 is 1.11. The monoisotopic (exact) mass is 283 g/mol. The molecule has 0 aliphatic rings. The van der Waals surface area contributed by atoms with Crippen LogP contribution in [0.25, 0.3) is 0 Å². The highest BCUT2D eigenvalue weighted by Gasteiger charge is 2.33. The first-order valence-electron chi connectivity index (χ1n) is 5.26. The van der Waals surface area contributed by atoms with Crippen LogP contribution in [-0.4, -0.2) is 11.3 Å². The zero-order valence-electron chi connectivity index (χ0n) is 9.52. The summed E-state index contributed by atoms with van der Waals surface area (Å²) in [4.78, 5) is 15.0. The van der Waals surface area contributed by atoms with E-state index in [2.05, 4.69) is 4.98 Å². The van der Waals surface area contributed by atoms with Crippen molar-refractivity contribution in [3.8, 4) is 0 Å². The van der Waals surface area contributed by atoms with E-state index in [0.717, 1.165) is 17.8 Å². The van der Waals surface area contributed by atoms with Crippen molar-refractivity contribution in [1.29, 1.82) is 0 Å². The number of carbonyl (C=O) groups is 1. The van der Waals surface area contributed by atoms with Crippen molar-refractivity contribution in [2.45, 2.75) is 16.1 Å². The van der Waals surface area contributed by atoms with Gasteiger partial charge in [-0.05, 0) is 30.3 Å². The Morgan fingerprint density at radius 1 is 1.16 bits per heavy atom. The molecule has 2 aromatic rings. The van der Waals surface area contributed by atoms with Crippen molar-refractivity contribution < 1.29 is 18.0 Å². The van der Waals surface area contributed by atoms with Crippen LogP contribution in [-0.2, 0) is 6.18 Å². The minimum Gasteiger partial charge on any atom is -0.298 e. The molecule has 98 valence electrons. The van der Waals surface area contributed by atoms with E-state index in [1.54, 1.807) is 24.4 Å². The molecule has 0 spiro atoms. The van der Waals surface area contributed by atoms with E-state index in [-0.39, 0.29) is 11.8 Å². The molecule has 0 atom stereocenters. The summed E-state index contributed by atoms with van der Waals surface area (Å²) in [5, 5.41) is 0.592. The van der Waals surface area contributed by atoms with E-state index in [1.165, 1.54) is 12.1 Å². The summed E-state index contributed by atoms with van der Waals surface area (Å²) in [5.74, 6) is 0. The van der Waals surface area contributed by atoms with Crippen molar-refractivity contribution in [2.24, 2.45) is 0 Å². The maximum atomic E-state index is 12.8. The lowest BCUT2D eigenvalue weighted by Crippen LogP contribution is -2.08. The molecule has 1 heterocycles. The molecule has 0 radical (unpaired) electrons. The van der Waals surface area contributed by atoms with Gasteiger partial charge in [-0.15, -0.1) is 0 Å². The molecule has 0 unspecified atom stereocenters. The first-order valence-corrected chi connectivity index (χ1v) is 6.07. The van der Waals surface area contributed by atoms with E-state index in [4.69, 9.17) is 0 Å². The van der Waals surface area contributed by atoms with Crippen LogP contribution in [0.3, 0.4) is 0 Å². The van der Waals surface area contributed by atoms with Gasteiger partial charge in [0.1, 0.15) is 5.03 Å². The molecule has 0 fully saturated rings. The van der Waals surface area contributed by atoms with Crippen molar-refractivity contribution >= 4 is 18.0 Å². The average Bonchev–Trinajstić information content (AvgIpc) is 2.39. The number of hydrogen-bond acceptors (Lipinski definition) is 3. The minimum atomic E-state index is -4.54. The number of alkyl halides is 3. The van der Waals surface area contributed by atoms with Crippen LogP contribution in [0.1, 0.15) is 15.9 Å². The molecule has 2 rings (SSSR count). The first kappa shape index (κ1) is 13.6. The zero-order valence-corrected chi connectivity index (χ0v) is 10.3. The molecule has 19 heavy (non-hydrogen) atoms. The van der Waals surface area contributed by atoms with Gasteiger partial charge in [0.15, 0.2) is 6.29 Å². The van der Waals surface area contributed by atoms with Gasteiger partial charge >= 0.3 is 6.18 Å². The average molecular weight is 283 g/mol. The number of halogens is 3. The van der Waals surface area contributed by atoms with Gasteiger partial charge in [0.25, 0.3) is 0 Å². The third kappa shape index (κ3) is 3.35. The summed E-state index contributed by atoms with van der Waals surface area (Å²) in [5.41, 5.74) is -1.29. The van der Waals surface area contributed by atoms with Gasteiger partial charge in [-0.3, -0.25) is 4.79 Å². The van der Waals surface area contributed by atoms with Crippen LogP contribution < -0.4 is 0 Å². The standard InChI is InChI=1S/C13H8F3NOS/c14-13(15,16)11-7-10(5-4-9(11)8-18)19-12-3-1-2-6-17-12/h1-8H. The fourth-order valence-corrected chi connectivity index (χ4v) is 2.29. The molecule has 0 amide bonds. The van der Waals surface area contributed by atoms with Crippen molar-refractivity contribution in [1.82, 2.24) is 4.98 Å². The van der Waals surface area contributed by atoms with Crippen LogP contribution in [0.4, 0.5) is 13.2 Å². The van der Waals surface area contributed by atoms with E-state index in [1.807, 2.05) is 0 Å². The Morgan fingerprint density at radius 2 is 1.95 bits per heavy atom. The second kappa shape index (κ2) is 5.44. The van der Waals surface area contributed by atoms with Gasteiger partial charge in [0.05, 0.1) is 5.56 Å². The fourth-order valence-electron chi connectivity index (χ4n) is 1.48. The number of hydrogen-bond donors (Lipinski definition) is 0. The Hall–Kier alpha value is -1.82. The van der Waals surface area contributed by atoms with Crippen LogP contribution in [0.15, 0.2) is 52.5 Å². The molecular formula is C13H8F3NOS. The quantitative estimate of drug-likeness (QED) is 0.795. The Bertz CT molecular complexity index is 584. The highest BCUT2D eigenvalue weighted by Crippen LogP contribution is 2.35. The Labute approximate surface area is 111 Å². The second-order valence-electron chi connectivity index (χ2n) is 3.63. The van der Waals surface area contributed by atoms with E-state index in [0.29, 0.717) is 9.92 Å². The minimum absolute atomic E-state index is 0.206. The largest absolute Gasteiger partial charge is 0.417 e. The molecule has 0 N–H and O–H groups in total.